The molecule has 0 unspecified atom stereocenters. The number of hydrogen-bond donors (Lipinski definition) is 1. The summed E-state index contributed by atoms with van der Waals surface area (Å²) in [6.07, 6.45) is 2.61. The van der Waals surface area contributed by atoms with Crippen LogP contribution in [0.1, 0.15) is 37.0 Å². The quantitative estimate of drug-likeness (QED) is 0.455. The van der Waals surface area contributed by atoms with Crippen molar-refractivity contribution >= 4 is 40.9 Å². The first-order chi connectivity index (χ1) is 13.8. The van der Waals surface area contributed by atoms with Gasteiger partial charge in [-0.05, 0) is 80.4 Å². The second-order valence-corrected chi connectivity index (χ2v) is 7.54. The fourth-order valence-corrected chi connectivity index (χ4v) is 3.24. The maximum absolute atomic E-state index is 13.2. The van der Waals surface area contributed by atoms with Gasteiger partial charge in [0.25, 0.3) is 11.8 Å². The number of hydrogen-bond acceptors (Lipinski definition) is 4. The molecular formula is C23H24N2O3S. The van der Waals surface area contributed by atoms with Crippen molar-refractivity contribution in [2.45, 2.75) is 40.2 Å². The zero-order valence-electron chi connectivity index (χ0n) is 17.0. The predicted molar refractivity (Wildman–Crippen MR) is 119 cm³/mol. The van der Waals surface area contributed by atoms with Gasteiger partial charge < -0.3 is 4.74 Å². The highest BCUT2D eigenvalue weighted by Gasteiger charge is 2.35. The van der Waals surface area contributed by atoms with Crippen molar-refractivity contribution in [2.75, 3.05) is 4.90 Å². The number of aryl methyl sites for hydroxylation is 2. The van der Waals surface area contributed by atoms with E-state index in [9.17, 15) is 9.59 Å². The molecule has 1 atom stereocenters. The largest absolute Gasteiger partial charge is 0.491 e. The van der Waals surface area contributed by atoms with Crippen LogP contribution in [0.4, 0.5) is 5.69 Å². The molecule has 2 aromatic carbocycles. The fourth-order valence-electron chi connectivity index (χ4n) is 2.96. The molecule has 2 aromatic rings. The average molecular weight is 409 g/mol. The number of thiocarbonyl (C=S) groups is 1. The summed E-state index contributed by atoms with van der Waals surface area (Å²) < 4.78 is 5.77. The number of carbonyl (C=O) groups is 2. The SMILES string of the molecule is CC[C@H](C)Oc1ccc(/C=C2\C(=O)NC(=S)N(c3cc(C)ccc3C)C2=O)cc1. The van der Waals surface area contributed by atoms with Crippen molar-refractivity contribution in [1.29, 1.82) is 0 Å². The van der Waals surface area contributed by atoms with Gasteiger partial charge >= 0.3 is 0 Å². The monoisotopic (exact) mass is 408 g/mol. The van der Waals surface area contributed by atoms with Crippen LogP contribution in [0.15, 0.2) is 48.0 Å². The molecule has 5 nitrogen and oxygen atoms in total. The summed E-state index contributed by atoms with van der Waals surface area (Å²) >= 11 is 5.28. The molecule has 29 heavy (non-hydrogen) atoms. The molecule has 2 amide bonds. The number of anilines is 1. The zero-order valence-corrected chi connectivity index (χ0v) is 17.8. The molecular weight excluding hydrogens is 384 g/mol. The second kappa shape index (κ2) is 8.57. The first kappa shape index (κ1) is 20.7. The molecule has 1 N–H and O–H groups in total. The Morgan fingerprint density at radius 1 is 1.14 bits per heavy atom. The maximum atomic E-state index is 13.2. The van der Waals surface area contributed by atoms with E-state index in [1.807, 2.05) is 63.2 Å². The van der Waals surface area contributed by atoms with Crippen molar-refractivity contribution in [3.05, 3.63) is 64.7 Å². The molecule has 0 saturated carbocycles. The number of ether oxygens (including phenoxy) is 1. The van der Waals surface area contributed by atoms with Crippen LogP contribution in [0.3, 0.4) is 0 Å². The van der Waals surface area contributed by atoms with Crippen LogP contribution in [0.25, 0.3) is 6.08 Å². The molecule has 6 heteroatoms. The lowest BCUT2D eigenvalue weighted by atomic mass is 10.0. The number of benzene rings is 2. The third-order valence-electron chi connectivity index (χ3n) is 4.81. The summed E-state index contributed by atoms with van der Waals surface area (Å²) in [4.78, 5) is 27.0. The molecule has 0 spiro atoms. The minimum absolute atomic E-state index is 0.0371. The summed E-state index contributed by atoms with van der Waals surface area (Å²) in [6.45, 7) is 7.91. The van der Waals surface area contributed by atoms with E-state index in [1.165, 1.54) is 4.90 Å². The molecule has 3 rings (SSSR count). The zero-order chi connectivity index (χ0) is 21.1. The van der Waals surface area contributed by atoms with E-state index in [1.54, 1.807) is 6.08 Å². The Morgan fingerprint density at radius 3 is 2.48 bits per heavy atom. The van der Waals surface area contributed by atoms with E-state index >= 15 is 0 Å². The Kier molecular flexibility index (Phi) is 6.13. The van der Waals surface area contributed by atoms with Crippen LogP contribution in [-0.4, -0.2) is 23.0 Å². The average Bonchev–Trinajstić information content (AvgIpc) is 2.68. The van der Waals surface area contributed by atoms with Crippen molar-refractivity contribution in [3.8, 4) is 5.75 Å². The Labute approximate surface area is 176 Å². The van der Waals surface area contributed by atoms with E-state index in [0.717, 1.165) is 28.9 Å². The van der Waals surface area contributed by atoms with E-state index in [4.69, 9.17) is 17.0 Å². The standard InChI is InChI=1S/C23H24N2O3S/c1-5-16(4)28-18-10-8-17(9-11-18)13-19-21(26)24-23(29)25(22(19)27)20-12-14(2)6-7-15(20)3/h6-13,16H,5H2,1-4H3,(H,24,26,29)/b19-13+/t16-/m0/s1. The van der Waals surface area contributed by atoms with Gasteiger partial charge in [-0.3, -0.25) is 19.8 Å². The molecule has 0 aliphatic carbocycles. The van der Waals surface area contributed by atoms with Crippen molar-refractivity contribution < 1.29 is 14.3 Å². The third-order valence-corrected chi connectivity index (χ3v) is 5.10. The van der Waals surface area contributed by atoms with Crippen molar-refractivity contribution in [2.24, 2.45) is 0 Å². The highest BCUT2D eigenvalue weighted by atomic mass is 32.1. The Hall–Kier alpha value is -2.99. The van der Waals surface area contributed by atoms with Gasteiger partial charge in [0.1, 0.15) is 11.3 Å². The highest BCUT2D eigenvalue weighted by molar-refractivity contribution is 7.80. The summed E-state index contributed by atoms with van der Waals surface area (Å²) in [6, 6.07) is 13.1. The molecule has 1 saturated heterocycles. The van der Waals surface area contributed by atoms with E-state index in [0.29, 0.717) is 5.69 Å². The van der Waals surface area contributed by atoms with Gasteiger partial charge in [-0.1, -0.05) is 31.2 Å². The van der Waals surface area contributed by atoms with E-state index in [2.05, 4.69) is 12.2 Å². The molecule has 0 radical (unpaired) electrons. The number of nitrogens with one attached hydrogen (secondary N) is 1. The molecule has 1 aliphatic rings. The maximum Gasteiger partial charge on any atom is 0.270 e. The topological polar surface area (TPSA) is 58.6 Å². The lowest BCUT2D eigenvalue weighted by Crippen LogP contribution is -2.54. The van der Waals surface area contributed by atoms with Crippen molar-refractivity contribution in [3.63, 3.8) is 0 Å². The van der Waals surface area contributed by atoms with Gasteiger partial charge in [0.15, 0.2) is 5.11 Å². The second-order valence-electron chi connectivity index (χ2n) is 7.15. The summed E-state index contributed by atoms with van der Waals surface area (Å²) in [7, 11) is 0. The van der Waals surface area contributed by atoms with E-state index in [-0.39, 0.29) is 16.8 Å². The normalized spacial score (nSPS) is 16.8. The number of rotatable bonds is 5. The van der Waals surface area contributed by atoms with E-state index < -0.39 is 11.8 Å². The Balaban J connectivity index is 1.92. The first-order valence-corrected chi connectivity index (χ1v) is 9.96. The molecule has 1 heterocycles. The molecule has 1 fully saturated rings. The van der Waals surface area contributed by atoms with Crippen LogP contribution in [0, 0.1) is 13.8 Å². The first-order valence-electron chi connectivity index (χ1n) is 9.55. The highest BCUT2D eigenvalue weighted by Crippen LogP contribution is 2.26. The Morgan fingerprint density at radius 2 is 1.83 bits per heavy atom. The number of amides is 2. The Bertz CT molecular complexity index is 996. The van der Waals surface area contributed by atoms with Gasteiger partial charge in [-0.25, -0.2) is 0 Å². The lowest BCUT2D eigenvalue weighted by Gasteiger charge is -2.30. The van der Waals surface area contributed by atoms with Gasteiger partial charge in [-0.2, -0.15) is 0 Å². The van der Waals surface area contributed by atoms with Crippen molar-refractivity contribution in [1.82, 2.24) is 5.32 Å². The van der Waals surface area contributed by atoms with Crippen LogP contribution >= 0.6 is 12.2 Å². The fraction of sp³-hybridized carbons (Fsp3) is 0.261. The molecule has 0 bridgehead atoms. The van der Waals surface area contributed by atoms with Gasteiger partial charge in [0.2, 0.25) is 0 Å². The minimum Gasteiger partial charge on any atom is -0.491 e. The molecule has 0 aromatic heterocycles. The van der Waals surface area contributed by atoms with Crippen LogP contribution in [-0.2, 0) is 9.59 Å². The summed E-state index contributed by atoms with van der Waals surface area (Å²) in [5.41, 5.74) is 3.33. The number of carbonyl (C=O) groups excluding carboxylic acids is 2. The lowest BCUT2D eigenvalue weighted by molar-refractivity contribution is -0.122. The predicted octanol–water partition coefficient (Wildman–Crippen LogP) is 4.31. The minimum atomic E-state index is -0.499. The summed E-state index contributed by atoms with van der Waals surface area (Å²) in [5, 5.41) is 2.71. The van der Waals surface area contributed by atoms with Crippen LogP contribution in [0.5, 0.6) is 5.75 Å². The summed E-state index contributed by atoms with van der Waals surface area (Å²) in [5.74, 6) is -0.187. The van der Waals surface area contributed by atoms with Gasteiger partial charge in [0.05, 0.1) is 11.8 Å². The molecule has 150 valence electrons. The number of nitrogens with zero attached hydrogens (tertiary/aromatic N) is 1. The van der Waals surface area contributed by atoms with Crippen LogP contribution < -0.4 is 15.0 Å². The smallest absolute Gasteiger partial charge is 0.270 e. The van der Waals surface area contributed by atoms with Crippen LogP contribution in [0.2, 0.25) is 0 Å². The third kappa shape index (κ3) is 4.54. The van der Waals surface area contributed by atoms with Gasteiger partial charge in [-0.15, -0.1) is 0 Å². The molecule has 1 aliphatic heterocycles. The van der Waals surface area contributed by atoms with Gasteiger partial charge in [0, 0.05) is 0 Å².